The van der Waals surface area contributed by atoms with E-state index in [4.69, 9.17) is 4.74 Å². The summed E-state index contributed by atoms with van der Waals surface area (Å²) in [6.07, 6.45) is 3.20. The molecule has 0 aliphatic heterocycles. The molecule has 3 rings (SSSR count). The lowest BCUT2D eigenvalue weighted by Crippen LogP contribution is -2.12. The van der Waals surface area contributed by atoms with Crippen molar-refractivity contribution in [1.82, 2.24) is 5.32 Å². The quantitative estimate of drug-likeness (QED) is 0.139. The van der Waals surface area contributed by atoms with Gasteiger partial charge >= 0.3 is 0 Å². The fourth-order valence-electron chi connectivity index (χ4n) is 3.56. The number of hydrogen-bond acceptors (Lipinski definition) is 5. The third kappa shape index (κ3) is 5.85. The summed E-state index contributed by atoms with van der Waals surface area (Å²) >= 11 is 0. The van der Waals surface area contributed by atoms with Gasteiger partial charge in [0.15, 0.2) is 10.9 Å². The highest BCUT2D eigenvalue weighted by Crippen LogP contribution is 2.44. The van der Waals surface area contributed by atoms with Crippen LogP contribution in [0.4, 0.5) is 10.1 Å². The van der Waals surface area contributed by atoms with E-state index < -0.39 is 5.15 Å². The molecule has 0 aliphatic carbocycles. The minimum atomic E-state index is -1.76. The molecule has 0 aliphatic rings. The lowest BCUT2D eigenvalue weighted by molar-refractivity contribution is 0.412. The Labute approximate surface area is 209 Å². The zero-order valence-electron chi connectivity index (χ0n) is 19.6. The van der Waals surface area contributed by atoms with Crippen LogP contribution in [0.1, 0.15) is 12.5 Å². The van der Waals surface area contributed by atoms with Crippen LogP contribution in [-0.4, -0.2) is 17.3 Å². The summed E-state index contributed by atoms with van der Waals surface area (Å²) in [5.74, 6) is 1.01. The summed E-state index contributed by atoms with van der Waals surface area (Å²) in [6, 6.07) is 15.4. The summed E-state index contributed by atoms with van der Waals surface area (Å²) in [5, 5.41) is 26.6. The smallest absolute Gasteiger partial charge is 0.160 e. The number of allylic oxidation sites excluding steroid dienone is 2. The van der Waals surface area contributed by atoms with Gasteiger partial charge in [0, 0.05) is 29.1 Å². The highest BCUT2D eigenvalue weighted by molar-refractivity contribution is 7.38. The Morgan fingerprint density at radius 2 is 1.74 bits per heavy atom. The Morgan fingerprint density at radius 1 is 1.09 bits per heavy atom. The molecular weight excluding hydrogens is 481 g/mol. The molecule has 0 bridgehead atoms. The number of phenolic OH excluding ortho intramolecular Hbond substituents is 1. The zero-order chi connectivity index (χ0) is 25.8. The SMILES string of the molecule is C=C/C(C(=C)Nc1cc(C(F)(P)P)ccc1Oc1ccc(O)c2ccccc12)=C(O)\C(=C/C)NC. The second-order valence-electron chi connectivity index (χ2n) is 7.73. The molecule has 0 saturated heterocycles. The maximum Gasteiger partial charge on any atom is 0.160 e. The van der Waals surface area contributed by atoms with Gasteiger partial charge in [-0.1, -0.05) is 74.1 Å². The van der Waals surface area contributed by atoms with Crippen molar-refractivity contribution in [3.05, 3.63) is 108 Å². The summed E-state index contributed by atoms with van der Waals surface area (Å²) < 4.78 is 21.0. The average molecular weight is 510 g/mol. The molecule has 8 heteroatoms. The molecule has 35 heavy (non-hydrogen) atoms. The maximum atomic E-state index is 14.7. The number of alkyl halides is 1. The molecule has 0 fully saturated rings. The van der Waals surface area contributed by atoms with Gasteiger partial charge in [-0.2, -0.15) is 0 Å². The topological polar surface area (TPSA) is 73.8 Å². The van der Waals surface area contributed by atoms with Crippen molar-refractivity contribution in [2.24, 2.45) is 0 Å². The van der Waals surface area contributed by atoms with Gasteiger partial charge in [-0.3, -0.25) is 0 Å². The summed E-state index contributed by atoms with van der Waals surface area (Å²) in [5.41, 5.74) is 1.99. The van der Waals surface area contributed by atoms with Crippen molar-refractivity contribution in [2.75, 3.05) is 12.4 Å². The Morgan fingerprint density at radius 3 is 2.34 bits per heavy atom. The highest BCUT2D eigenvalue weighted by Gasteiger charge is 2.22. The fourth-order valence-corrected chi connectivity index (χ4v) is 3.91. The van der Waals surface area contributed by atoms with Crippen LogP contribution in [0, 0.1) is 0 Å². The molecule has 182 valence electrons. The van der Waals surface area contributed by atoms with E-state index in [-0.39, 0.29) is 11.5 Å². The number of aliphatic hydroxyl groups is 1. The number of hydrogen-bond donors (Lipinski definition) is 4. The van der Waals surface area contributed by atoms with Crippen molar-refractivity contribution < 1.29 is 19.3 Å². The number of phenols is 1. The number of halogens is 1. The maximum absolute atomic E-state index is 14.7. The molecule has 0 saturated carbocycles. The van der Waals surface area contributed by atoms with E-state index in [0.717, 1.165) is 0 Å². The first kappa shape index (κ1) is 26.3. The lowest BCUT2D eigenvalue weighted by atomic mass is 10.1. The van der Waals surface area contributed by atoms with E-state index >= 15 is 0 Å². The molecule has 2 unspecified atom stereocenters. The van der Waals surface area contributed by atoms with Crippen LogP contribution in [0.25, 0.3) is 10.8 Å². The zero-order valence-corrected chi connectivity index (χ0v) is 21.9. The number of rotatable bonds is 9. The van der Waals surface area contributed by atoms with Gasteiger partial charge in [0.05, 0.1) is 11.4 Å². The van der Waals surface area contributed by atoms with Gasteiger partial charge in [-0.25, -0.2) is 4.39 Å². The second kappa shape index (κ2) is 10.9. The molecule has 0 aromatic heterocycles. The first-order valence-electron chi connectivity index (χ1n) is 10.8. The largest absolute Gasteiger partial charge is 0.507 e. The number of fused-ring (bicyclic) bond motifs is 1. The molecule has 3 aromatic carbocycles. The molecule has 0 amide bonds. The molecule has 0 heterocycles. The van der Waals surface area contributed by atoms with Gasteiger partial charge in [-0.15, -0.1) is 0 Å². The van der Waals surface area contributed by atoms with E-state index in [1.807, 2.05) is 18.2 Å². The van der Waals surface area contributed by atoms with Crippen LogP contribution in [-0.2, 0) is 5.15 Å². The van der Waals surface area contributed by atoms with E-state index in [2.05, 4.69) is 42.3 Å². The summed E-state index contributed by atoms with van der Waals surface area (Å²) in [6.45, 7) is 9.62. The third-order valence-electron chi connectivity index (χ3n) is 5.39. The van der Waals surface area contributed by atoms with Crippen molar-refractivity contribution >= 4 is 34.9 Å². The van der Waals surface area contributed by atoms with Gasteiger partial charge < -0.3 is 25.6 Å². The number of benzene rings is 3. The van der Waals surface area contributed by atoms with Gasteiger partial charge in [0.25, 0.3) is 0 Å². The Balaban J connectivity index is 2.09. The molecule has 4 N–H and O–H groups in total. The van der Waals surface area contributed by atoms with Crippen LogP contribution in [0.3, 0.4) is 0 Å². The lowest BCUT2D eigenvalue weighted by Gasteiger charge is -2.21. The number of nitrogens with one attached hydrogen (secondary N) is 2. The summed E-state index contributed by atoms with van der Waals surface area (Å²) in [7, 11) is 5.97. The van der Waals surface area contributed by atoms with Crippen molar-refractivity contribution in [3.63, 3.8) is 0 Å². The van der Waals surface area contributed by atoms with Crippen LogP contribution in [0.5, 0.6) is 17.2 Å². The van der Waals surface area contributed by atoms with Crippen molar-refractivity contribution in [2.45, 2.75) is 12.1 Å². The van der Waals surface area contributed by atoms with Crippen molar-refractivity contribution in [1.29, 1.82) is 0 Å². The van der Waals surface area contributed by atoms with E-state index in [1.165, 1.54) is 6.08 Å². The Hall–Kier alpha value is -3.33. The van der Waals surface area contributed by atoms with Crippen LogP contribution >= 0.6 is 18.5 Å². The monoisotopic (exact) mass is 510 g/mol. The van der Waals surface area contributed by atoms with E-state index in [0.29, 0.717) is 50.5 Å². The Kier molecular flexibility index (Phi) is 8.22. The number of ether oxygens (including phenoxy) is 1. The van der Waals surface area contributed by atoms with Crippen molar-refractivity contribution in [3.8, 4) is 17.2 Å². The second-order valence-corrected chi connectivity index (χ2v) is 10.1. The number of anilines is 1. The molecular formula is C27H29FN2O3P2. The molecule has 2 atom stereocenters. The van der Waals surface area contributed by atoms with Crippen LogP contribution in [0.15, 0.2) is 103 Å². The van der Waals surface area contributed by atoms with Crippen LogP contribution in [0.2, 0.25) is 0 Å². The van der Waals surface area contributed by atoms with Gasteiger partial charge in [0.2, 0.25) is 0 Å². The minimum Gasteiger partial charge on any atom is -0.507 e. The minimum absolute atomic E-state index is 0.0393. The van der Waals surface area contributed by atoms with E-state index in [9.17, 15) is 14.6 Å². The molecule has 5 nitrogen and oxygen atoms in total. The first-order chi connectivity index (χ1) is 16.6. The van der Waals surface area contributed by atoms with Gasteiger partial charge in [-0.05, 0) is 36.8 Å². The highest BCUT2D eigenvalue weighted by atomic mass is 31.1. The molecule has 3 aromatic rings. The average Bonchev–Trinajstić information content (AvgIpc) is 2.82. The van der Waals surface area contributed by atoms with Gasteiger partial charge in [0.1, 0.15) is 17.3 Å². The first-order valence-corrected chi connectivity index (χ1v) is 11.9. The number of likely N-dealkylation sites (N-methyl/N-ethyl adjacent to an activating group) is 1. The van der Waals surface area contributed by atoms with Crippen LogP contribution < -0.4 is 15.4 Å². The van der Waals surface area contributed by atoms with E-state index in [1.54, 1.807) is 56.4 Å². The normalized spacial score (nSPS) is 12.7. The number of aromatic hydroxyl groups is 1. The number of aliphatic hydroxyl groups excluding tert-OH is 1. The predicted molar refractivity (Wildman–Crippen MR) is 150 cm³/mol. The molecule has 0 radical (unpaired) electrons. The fraction of sp³-hybridized carbons (Fsp3) is 0.111. The molecule has 0 spiro atoms. The third-order valence-corrected chi connectivity index (χ3v) is 6.05. The predicted octanol–water partition coefficient (Wildman–Crippen LogP) is 7.21. The standard InChI is InChI=1S/C27H29FN2O3P2/c1-5-18(26(32)21(6-2)29-4)16(3)30-22-15-17(27(28,34)35)11-13-25(22)33-24-14-12-23(31)19-9-7-8-10-20(19)24/h5-15,29-32H,1,3,34-35H2,2,4H3/b21-6+,26-18-. The summed E-state index contributed by atoms with van der Waals surface area (Å²) in [4.78, 5) is 0. The Bertz CT molecular complexity index is 1340.